The Balaban J connectivity index is 1.72. The molecule has 0 aliphatic carbocycles. The summed E-state index contributed by atoms with van der Waals surface area (Å²) in [5, 5.41) is 3.19. The molecule has 9 heteroatoms. The minimum atomic E-state index is -0.422. The third-order valence-electron chi connectivity index (χ3n) is 6.60. The first kappa shape index (κ1) is 26.2. The molecule has 0 spiro atoms. The zero-order valence-electron chi connectivity index (χ0n) is 21.4. The number of unbranched alkanes of at least 4 members (excludes halogenated alkanes) is 2. The molecule has 0 unspecified atom stereocenters. The summed E-state index contributed by atoms with van der Waals surface area (Å²) < 4.78 is 3.47. The van der Waals surface area contributed by atoms with Gasteiger partial charge in [-0.15, -0.1) is 0 Å². The number of carbonyl (C=O) groups excluding carboxylic acids is 1. The second-order valence-corrected chi connectivity index (χ2v) is 10.0. The first-order valence-corrected chi connectivity index (χ1v) is 13.1. The van der Waals surface area contributed by atoms with Gasteiger partial charge in [0.1, 0.15) is 5.82 Å². The number of rotatable bonds is 12. The van der Waals surface area contributed by atoms with Crippen LogP contribution in [0.3, 0.4) is 0 Å². The quantitative estimate of drug-likeness (QED) is 0.492. The highest BCUT2D eigenvalue weighted by molar-refractivity contribution is 5.77. The maximum atomic E-state index is 12.7. The van der Waals surface area contributed by atoms with Crippen LogP contribution in [0.5, 0.6) is 0 Å². The average molecular weight is 475 g/mol. The number of aryl methyl sites for hydroxylation is 2. The van der Waals surface area contributed by atoms with Crippen molar-refractivity contribution in [2.45, 2.75) is 98.2 Å². The summed E-state index contributed by atoms with van der Waals surface area (Å²) in [6, 6.07) is 0.224. The van der Waals surface area contributed by atoms with E-state index in [9.17, 15) is 14.4 Å². The molecule has 9 nitrogen and oxygen atoms in total. The molecule has 1 saturated heterocycles. The Morgan fingerprint density at radius 3 is 2.41 bits per heavy atom. The van der Waals surface area contributed by atoms with Gasteiger partial charge in [-0.25, -0.2) is 9.78 Å². The van der Waals surface area contributed by atoms with Gasteiger partial charge in [0, 0.05) is 45.1 Å². The van der Waals surface area contributed by atoms with Gasteiger partial charge in [0.2, 0.25) is 5.91 Å². The van der Waals surface area contributed by atoms with E-state index >= 15 is 0 Å². The van der Waals surface area contributed by atoms with E-state index in [4.69, 9.17) is 4.98 Å². The molecule has 3 heterocycles. The van der Waals surface area contributed by atoms with Crippen LogP contribution >= 0.6 is 0 Å². The molecule has 0 aromatic carbocycles. The van der Waals surface area contributed by atoms with Crippen molar-refractivity contribution in [3.05, 3.63) is 26.7 Å². The Morgan fingerprint density at radius 1 is 1.09 bits per heavy atom. The number of imidazole rings is 1. The third-order valence-corrected chi connectivity index (χ3v) is 6.60. The lowest BCUT2D eigenvalue weighted by atomic mass is 10.0. The van der Waals surface area contributed by atoms with Gasteiger partial charge in [0.15, 0.2) is 11.2 Å². The van der Waals surface area contributed by atoms with Gasteiger partial charge in [-0.1, -0.05) is 40.5 Å². The molecule has 2 N–H and O–H groups in total. The second-order valence-electron chi connectivity index (χ2n) is 10.0. The molecule has 3 rings (SSSR count). The van der Waals surface area contributed by atoms with E-state index < -0.39 is 11.2 Å². The third kappa shape index (κ3) is 6.58. The van der Waals surface area contributed by atoms with Crippen LogP contribution in [0, 0.1) is 5.92 Å². The molecule has 1 fully saturated rings. The fraction of sp³-hybridized carbons (Fsp3) is 0.760. The second kappa shape index (κ2) is 12.3. The number of aromatic nitrogens is 4. The van der Waals surface area contributed by atoms with E-state index in [0.717, 1.165) is 45.3 Å². The average Bonchev–Trinajstić information content (AvgIpc) is 3.15. The number of nitrogens with zero attached hydrogens (tertiary/aromatic N) is 4. The smallest absolute Gasteiger partial charge is 0.330 e. The number of nitrogens with one attached hydrogen (secondary N) is 2. The summed E-state index contributed by atoms with van der Waals surface area (Å²) in [5.74, 6) is 1.00. The Labute approximate surface area is 201 Å². The number of H-pyrrole nitrogens is 1. The Hall–Kier alpha value is -2.42. The van der Waals surface area contributed by atoms with E-state index in [-0.39, 0.29) is 11.9 Å². The molecule has 2 aromatic heterocycles. The molecule has 2 aromatic rings. The van der Waals surface area contributed by atoms with Gasteiger partial charge in [-0.05, 0) is 38.1 Å². The van der Waals surface area contributed by atoms with Crippen molar-refractivity contribution in [2.24, 2.45) is 5.92 Å². The van der Waals surface area contributed by atoms with Gasteiger partial charge in [0.05, 0.1) is 0 Å². The molecular weight excluding hydrogens is 432 g/mol. The summed E-state index contributed by atoms with van der Waals surface area (Å²) >= 11 is 0. The standard InChI is InChI=1S/C25H42N6O3/c1-5-7-13-29-15-11-19(12-16-29)26-21(32)10-9-20-27-23-22(31(20)17-18(3)4)24(33)28-25(34)30(23)14-8-6-2/h18-19H,5-17H2,1-4H3,(H,26,32)(H,28,33,34). The van der Waals surface area contributed by atoms with E-state index in [1.165, 1.54) is 12.8 Å². The van der Waals surface area contributed by atoms with Crippen LogP contribution in [-0.2, 0) is 24.3 Å². The summed E-state index contributed by atoms with van der Waals surface area (Å²) in [7, 11) is 0. The van der Waals surface area contributed by atoms with Crippen molar-refractivity contribution in [3.8, 4) is 0 Å². The van der Waals surface area contributed by atoms with Crippen molar-refractivity contribution in [3.63, 3.8) is 0 Å². The number of hydrogen-bond acceptors (Lipinski definition) is 5. The summed E-state index contributed by atoms with van der Waals surface area (Å²) in [4.78, 5) is 47.6. The topological polar surface area (TPSA) is 105 Å². The molecular formula is C25H42N6O3. The lowest BCUT2D eigenvalue weighted by Crippen LogP contribution is -2.44. The summed E-state index contributed by atoms with van der Waals surface area (Å²) in [5.41, 5.74) is 0.0260. The van der Waals surface area contributed by atoms with Crippen molar-refractivity contribution in [1.29, 1.82) is 0 Å². The zero-order chi connectivity index (χ0) is 24.7. The van der Waals surface area contributed by atoms with Crippen molar-refractivity contribution in [1.82, 2.24) is 29.3 Å². The van der Waals surface area contributed by atoms with Crippen LogP contribution < -0.4 is 16.6 Å². The molecule has 190 valence electrons. The molecule has 1 amide bonds. The predicted molar refractivity (Wildman–Crippen MR) is 135 cm³/mol. The maximum Gasteiger partial charge on any atom is 0.330 e. The number of fused-ring (bicyclic) bond motifs is 1. The number of hydrogen-bond donors (Lipinski definition) is 2. The van der Waals surface area contributed by atoms with E-state index in [1.807, 2.05) is 4.57 Å². The number of carbonyl (C=O) groups is 1. The molecule has 0 atom stereocenters. The monoisotopic (exact) mass is 474 g/mol. The highest BCUT2D eigenvalue weighted by Gasteiger charge is 2.22. The normalized spacial score (nSPS) is 15.4. The van der Waals surface area contributed by atoms with E-state index in [1.54, 1.807) is 4.57 Å². The van der Waals surface area contributed by atoms with Crippen LogP contribution in [0.25, 0.3) is 11.2 Å². The first-order valence-electron chi connectivity index (χ1n) is 13.1. The van der Waals surface area contributed by atoms with Crippen molar-refractivity contribution >= 4 is 17.1 Å². The summed E-state index contributed by atoms with van der Waals surface area (Å²) in [6.45, 7) is 12.8. The number of aromatic amines is 1. The lowest BCUT2D eigenvalue weighted by molar-refractivity contribution is -0.122. The van der Waals surface area contributed by atoms with Crippen molar-refractivity contribution < 1.29 is 4.79 Å². The molecule has 34 heavy (non-hydrogen) atoms. The minimum Gasteiger partial charge on any atom is -0.353 e. The molecule has 1 aliphatic heterocycles. The Kier molecular flexibility index (Phi) is 9.50. The molecule has 0 radical (unpaired) electrons. The summed E-state index contributed by atoms with van der Waals surface area (Å²) in [6.07, 6.45) is 6.92. The van der Waals surface area contributed by atoms with E-state index in [0.29, 0.717) is 48.8 Å². The number of likely N-dealkylation sites (tertiary alicyclic amines) is 1. The van der Waals surface area contributed by atoms with Gasteiger partial charge in [-0.2, -0.15) is 0 Å². The van der Waals surface area contributed by atoms with Crippen LogP contribution in [0.1, 0.15) is 78.5 Å². The minimum absolute atomic E-state index is 0.0208. The Morgan fingerprint density at radius 2 is 1.76 bits per heavy atom. The zero-order valence-corrected chi connectivity index (χ0v) is 21.4. The predicted octanol–water partition coefficient (Wildman–Crippen LogP) is 2.66. The fourth-order valence-corrected chi connectivity index (χ4v) is 4.70. The molecule has 0 bridgehead atoms. The molecule has 1 aliphatic rings. The fourth-order valence-electron chi connectivity index (χ4n) is 4.70. The Bertz CT molecular complexity index is 1060. The largest absolute Gasteiger partial charge is 0.353 e. The van der Waals surface area contributed by atoms with Crippen LogP contribution in [0.4, 0.5) is 0 Å². The van der Waals surface area contributed by atoms with Crippen LogP contribution in [-0.4, -0.2) is 55.6 Å². The first-order chi connectivity index (χ1) is 16.3. The van der Waals surface area contributed by atoms with Gasteiger partial charge < -0.3 is 14.8 Å². The van der Waals surface area contributed by atoms with E-state index in [2.05, 4.69) is 42.9 Å². The van der Waals surface area contributed by atoms with Crippen LogP contribution in [0.15, 0.2) is 9.59 Å². The molecule has 0 saturated carbocycles. The van der Waals surface area contributed by atoms with Crippen molar-refractivity contribution in [2.75, 3.05) is 19.6 Å². The highest BCUT2D eigenvalue weighted by atomic mass is 16.2. The highest BCUT2D eigenvalue weighted by Crippen LogP contribution is 2.17. The number of amides is 1. The SMILES string of the molecule is CCCCN1CCC(NC(=O)CCc2nc3c(c(=O)[nH]c(=O)n3CCCC)n2CC(C)C)CC1. The van der Waals surface area contributed by atoms with Crippen LogP contribution in [0.2, 0.25) is 0 Å². The van der Waals surface area contributed by atoms with Gasteiger partial charge in [0.25, 0.3) is 5.56 Å². The maximum absolute atomic E-state index is 12.7. The lowest BCUT2D eigenvalue weighted by Gasteiger charge is -2.32. The van der Waals surface area contributed by atoms with Gasteiger partial charge >= 0.3 is 5.69 Å². The number of piperidine rings is 1. The van der Waals surface area contributed by atoms with Gasteiger partial charge in [-0.3, -0.25) is 19.1 Å².